The summed E-state index contributed by atoms with van der Waals surface area (Å²) in [6.07, 6.45) is -0.517. The number of nitrogens with one attached hydrogen (secondary N) is 1. The highest BCUT2D eigenvalue weighted by atomic mass is 35.5. The van der Waals surface area contributed by atoms with Crippen LogP contribution in [0.2, 0.25) is 5.02 Å². The Hall–Kier alpha value is -2.04. The number of ether oxygens (including phenoxy) is 1. The molecule has 0 saturated heterocycles. The molecule has 0 aromatic heterocycles. The van der Waals surface area contributed by atoms with Crippen molar-refractivity contribution in [3.05, 3.63) is 64.7 Å². The summed E-state index contributed by atoms with van der Waals surface area (Å²) in [5.41, 5.74) is 1.57. The van der Waals surface area contributed by atoms with Crippen LogP contribution < -0.4 is 10.1 Å². The number of methoxy groups -OCH3 is 1. The first-order valence-electron chi connectivity index (χ1n) is 6.91. The maximum absolute atomic E-state index is 11.9. The van der Waals surface area contributed by atoms with Gasteiger partial charge in [0.15, 0.2) is 0 Å². The van der Waals surface area contributed by atoms with Gasteiger partial charge < -0.3 is 15.2 Å². The number of carbonyl (C=O) groups is 1. The van der Waals surface area contributed by atoms with Gasteiger partial charge in [0.05, 0.1) is 19.6 Å². The van der Waals surface area contributed by atoms with Gasteiger partial charge in [-0.1, -0.05) is 35.9 Å². The van der Waals surface area contributed by atoms with E-state index in [1.165, 1.54) is 0 Å². The Morgan fingerprint density at radius 2 is 2.00 bits per heavy atom. The van der Waals surface area contributed by atoms with Crippen LogP contribution in [0.4, 0.5) is 0 Å². The molecule has 0 aliphatic rings. The van der Waals surface area contributed by atoms with Crippen LogP contribution in [0, 0.1) is 0 Å². The number of hydrogen-bond acceptors (Lipinski definition) is 3. The van der Waals surface area contributed by atoms with E-state index < -0.39 is 6.10 Å². The van der Waals surface area contributed by atoms with Crippen molar-refractivity contribution in [3.63, 3.8) is 0 Å². The van der Waals surface area contributed by atoms with E-state index in [1.807, 2.05) is 24.3 Å². The third kappa shape index (κ3) is 4.76. The predicted molar refractivity (Wildman–Crippen MR) is 86.1 cm³/mol. The SMILES string of the molecule is COc1cccc(CC(=O)NCC(O)c2ccc(Cl)cc2)c1. The normalized spacial score (nSPS) is 11.8. The van der Waals surface area contributed by atoms with E-state index in [2.05, 4.69) is 5.32 Å². The Morgan fingerprint density at radius 1 is 1.27 bits per heavy atom. The number of halogens is 1. The number of rotatable bonds is 6. The van der Waals surface area contributed by atoms with Crippen LogP contribution >= 0.6 is 11.6 Å². The highest BCUT2D eigenvalue weighted by Crippen LogP contribution is 2.16. The van der Waals surface area contributed by atoms with Crippen LogP contribution in [0.5, 0.6) is 5.75 Å². The van der Waals surface area contributed by atoms with Crippen molar-refractivity contribution in [3.8, 4) is 5.75 Å². The summed E-state index contributed by atoms with van der Waals surface area (Å²) in [4.78, 5) is 11.9. The summed E-state index contributed by atoms with van der Waals surface area (Å²) in [6.45, 7) is 0.157. The fourth-order valence-corrected chi connectivity index (χ4v) is 2.17. The first-order chi connectivity index (χ1) is 10.6. The van der Waals surface area contributed by atoms with Crippen molar-refractivity contribution >= 4 is 17.5 Å². The zero-order valence-corrected chi connectivity index (χ0v) is 13.0. The quantitative estimate of drug-likeness (QED) is 0.860. The van der Waals surface area contributed by atoms with Crippen molar-refractivity contribution in [1.29, 1.82) is 0 Å². The number of benzene rings is 2. The topological polar surface area (TPSA) is 58.6 Å². The van der Waals surface area contributed by atoms with Gasteiger partial charge in [-0.15, -0.1) is 0 Å². The molecule has 4 nitrogen and oxygen atoms in total. The number of carbonyl (C=O) groups excluding carboxylic acids is 1. The van der Waals surface area contributed by atoms with Crippen LogP contribution in [0.15, 0.2) is 48.5 Å². The third-order valence-electron chi connectivity index (χ3n) is 3.25. The van der Waals surface area contributed by atoms with Gasteiger partial charge in [0.25, 0.3) is 0 Å². The van der Waals surface area contributed by atoms with Crippen molar-refractivity contribution in [2.45, 2.75) is 12.5 Å². The highest BCUT2D eigenvalue weighted by Gasteiger charge is 2.10. The van der Waals surface area contributed by atoms with Gasteiger partial charge in [0.1, 0.15) is 5.75 Å². The lowest BCUT2D eigenvalue weighted by molar-refractivity contribution is -0.120. The van der Waals surface area contributed by atoms with Crippen LogP contribution in [0.25, 0.3) is 0 Å². The first kappa shape index (κ1) is 16.3. The molecule has 5 heteroatoms. The summed E-state index contributed by atoms with van der Waals surface area (Å²) in [5, 5.41) is 13.4. The Labute approximate surface area is 134 Å². The van der Waals surface area contributed by atoms with E-state index in [4.69, 9.17) is 16.3 Å². The van der Waals surface area contributed by atoms with E-state index in [0.29, 0.717) is 16.3 Å². The van der Waals surface area contributed by atoms with Crippen molar-refractivity contribution < 1.29 is 14.6 Å². The molecule has 1 amide bonds. The molecule has 0 aliphatic carbocycles. The second kappa shape index (κ2) is 7.82. The van der Waals surface area contributed by atoms with Crippen LogP contribution in [0.3, 0.4) is 0 Å². The molecule has 1 atom stereocenters. The molecule has 0 radical (unpaired) electrons. The van der Waals surface area contributed by atoms with Crippen LogP contribution in [-0.4, -0.2) is 24.7 Å². The Morgan fingerprint density at radius 3 is 2.68 bits per heavy atom. The molecule has 0 fully saturated rings. The minimum Gasteiger partial charge on any atom is -0.497 e. The minimum absolute atomic E-state index is 0.152. The molecule has 2 aromatic carbocycles. The lowest BCUT2D eigenvalue weighted by atomic mass is 10.1. The lowest BCUT2D eigenvalue weighted by Gasteiger charge is -2.12. The summed E-state index contributed by atoms with van der Waals surface area (Å²) in [7, 11) is 1.58. The molecule has 0 saturated carbocycles. The van der Waals surface area contributed by atoms with Crippen molar-refractivity contribution in [2.24, 2.45) is 0 Å². The Balaban J connectivity index is 1.85. The molecule has 0 bridgehead atoms. The monoisotopic (exact) mass is 319 g/mol. The third-order valence-corrected chi connectivity index (χ3v) is 3.50. The van der Waals surface area contributed by atoms with E-state index in [0.717, 1.165) is 5.56 Å². The molecule has 0 aliphatic heterocycles. The lowest BCUT2D eigenvalue weighted by Crippen LogP contribution is -2.29. The second-order valence-corrected chi connectivity index (χ2v) is 5.34. The number of aliphatic hydroxyl groups is 1. The predicted octanol–water partition coefficient (Wildman–Crippen LogP) is 2.74. The van der Waals surface area contributed by atoms with Gasteiger partial charge >= 0.3 is 0 Å². The smallest absolute Gasteiger partial charge is 0.224 e. The summed E-state index contributed by atoms with van der Waals surface area (Å²) < 4.78 is 5.12. The van der Waals surface area contributed by atoms with Gasteiger partial charge in [-0.25, -0.2) is 0 Å². The molecule has 116 valence electrons. The summed E-state index contributed by atoms with van der Waals surface area (Å²) in [6, 6.07) is 14.2. The maximum Gasteiger partial charge on any atom is 0.224 e. The van der Waals surface area contributed by atoms with E-state index in [-0.39, 0.29) is 18.9 Å². The Bertz CT molecular complexity index is 628. The average molecular weight is 320 g/mol. The van der Waals surface area contributed by atoms with Gasteiger partial charge in [0.2, 0.25) is 5.91 Å². The molecule has 2 rings (SSSR count). The number of amides is 1. The summed E-state index contributed by atoms with van der Waals surface area (Å²) in [5.74, 6) is 0.563. The van der Waals surface area contributed by atoms with E-state index >= 15 is 0 Å². The van der Waals surface area contributed by atoms with Gasteiger partial charge in [-0.2, -0.15) is 0 Å². The van der Waals surface area contributed by atoms with Crippen LogP contribution in [-0.2, 0) is 11.2 Å². The minimum atomic E-state index is -0.758. The fourth-order valence-electron chi connectivity index (χ4n) is 2.04. The first-order valence-corrected chi connectivity index (χ1v) is 7.29. The second-order valence-electron chi connectivity index (χ2n) is 4.90. The zero-order valence-electron chi connectivity index (χ0n) is 12.3. The van der Waals surface area contributed by atoms with Crippen molar-refractivity contribution in [1.82, 2.24) is 5.32 Å². The number of aliphatic hydroxyl groups excluding tert-OH is 1. The molecular formula is C17H18ClNO3. The average Bonchev–Trinajstić information content (AvgIpc) is 2.53. The van der Waals surface area contributed by atoms with Gasteiger partial charge in [-0.3, -0.25) is 4.79 Å². The molecule has 0 heterocycles. The molecule has 1 unspecified atom stereocenters. The molecule has 2 N–H and O–H groups in total. The Kier molecular flexibility index (Phi) is 5.81. The van der Waals surface area contributed by atoms with Gasteiger partial charge in [-0.05, 0) is 35.4 Å². The van der Waals surface area contributed by atoms with E-state index in [1.54, 1.807) is 31.4 Å². The number of hydrogen-bond donors (Lipinski definition) is 2. The zero-order chi connectivity index (χ0) is 15.9. The van der Waals surface area contributed by atoms with Gasteiger partial charge in [0, 0.05) is 11.6 Å². The molecule has 2 aromatic rings. The molecular weight excluding hydrogens is 302 g/mol. The standard InChI is InChI=1S/C17H18ClNO3/c1-22-15-4-2-3-12(9-15)10-17(21)19-11-16(20)13-5-7-14(18)8-6-13/h2-9,16,20H,10-11H2,1H3,(H,19,21). The maximum atomic E-state index is 11.9. The van der Waals surface area contributed by atoms with E-state index in [9.17, 15) is 9.90 Å². The molecule has 0 spiro atoms. The van der Waals surface area contributed by atoms with Crippen LogP contribution in [0.1, 0.15) is 17.2 Å². The molecule has 22 heavy (non-hydrogen) atoms. The fraction of sp³-hybridized carbons (Fsp3) is 0.235. The largest absolute Gasteiger partial charge is 0.497 e. The highest BCUT2D eigenvalue weighted by molar-refractivity contribution is 6.30. The summed E-state index contributed by atoms with van der Waals surface area (Å²) >= 11 is 5.80. The van der Waals surface area contributed by atoms with Crippen molar-refractivity contribution in [2.75, 3.05) is 13.7 Å².